The third kappa shape index (κ3) is 3.64. The largest absolute Gasteiger partial charge is 0.249 e. The molecule has 3 nitrogen and oxygen atoms in total. The normalized spacial score (nSPS) is 12.0. The van der Waals surface area contributed by atoms with Crippen LogP contribution in [0.5, 0.6) is 0 Å². The van der Waals surface area contributed by atoms with Crippen molar-refractivity contribution in [1.29, 1.82) is 0 Å². The maximum Gasteiger partial charge on any atom is 0.109 e. The average Bonchev–Trinajstić information content (AvgIpc) is 3.01. The number of pyridine rings is 1. The van der Waals surface area contributed by atoms with Gasteiger partial charge in [-0.3, -0.25) is 0 Å². The monoisotopic (exact) mass is 515 g/mol. The number of fused-ring (bicyclic) bond motifs is 3. The molecule has 0 unspecified atom stereocenters. The second-order valence-corrected chi connectivity index (χ2v) is 10.7. The van der Waals surface area contributed by atoms with Crippen molar-refractivity contribution in [3.05, 3.63) is 128 Å². The highest BCUT2D eigenvalue weighted by molar-refractivity contribution is 7.99. The van der Waals surface area contributed by atoms with E-state index < -0.39 is 0 Å². The summed E-state index contributed by atoms with van der Waals surface area (Å²) in [6.45, 7) is 0. The van der Waals surface area contributed by atoms with E-state index in [1.807, 2.05) is 48.7 Å². The fraction of sp³-hybridized carbons (Fsp3) is 0. The van der Waals surface area contributed by atoms with Gasteiger partial charge in [0, 0.05) is 33.2 Å². The van der Waals surface area contributed by atoms with Crippen LogP contribution in [0, 0.1) is 0 Å². The number of hydrogen-bond donors (Lipinski definition) is 0. The zero-order valence-electron chi connectivity index (χ0n) is 20.9. The number of aromatic nitrogens is 3. The van der Waals surface area contributed by atoms with Crippen molar-refractivity contribution in [2.24, 2.45) is 0 Å². The molecular weight excluding hydrogens is 494 g/mol. The molecule has 8 rings (SSSR count). The van der Waals surface area contributed by atoms with Crippen molar-refractivity contribution in [2.75, 3.05) is 0 Å². The van der Waals surface area contributed by atoms with E-state index in [9.17, 15) is 0 Å². The van der Waals surface area contributed by atoms with Crippen molar-refractivity contribution in [1.82, 2.24) is 15.0 Å². The predicted octanol–water partition coefficient (Wildman–Crippen LogP) is 9.31. The second-order valence-electron chi connectivity index (χ2n) is 9.66. The lowest BCUT2D eigenvalue weighted by Gasteiger charge is -2.22. The first-order chi connectivity index (χ1) is 19.3. The fourth-order valence-corrected chi connectivity index (χ4v) is 6.61. The van der Waals surface area contributed by atoms with Gasteiger partial charge in [0.2, 0.25) is 0 Å². The molecule has 3 heterocycles. The molecule has 7 aromatic rings. The molecule has 1 aliphatic rings. The first kappa shape index (κ1) is 22.2. The molecule has 0 amide bonds. The van der Waals surface area contributed by atoms with Crippen LogP contribution in [0.25, 0.3) is 66.6 Å². The summed E-state index contributed by atoms with van der Waals surface area (Å²) < 4.78 is 0. The van der Waals surface area contributed by atoms with Crippen LogP contribution in [0.15, 0.2) is 137 Å². The third-order valence-electron chi connectivity index (χ3n) is 7.33. The Morgan fingerprint density at radius 3 is 2.05 bits per heavy atom. The topological polar surface area (TPSA) is 38.7 Å². The van der Waals surface area contributed by atoms with Crippen LogP contribution in [0.4, 0.5) is 0 Å². The maximum absolute atomic E-state index is 5.13. The number of nitrogens with zero attached hydrogens (tertiary/aromatic N) is 3. The van der Waals surface area contributed by atoms with Gasteiger partial charge in [0.15, 0.2) is 0 Å². The van der Waals surface area contributed by atoms with E-state index in [-0.39, 0.29) is 0 Å². The van der Waals surface area contributed by atoms with Gasteiger partial charge in [0.25, 0.3) is 0 Å². The fourth-order valence-electron chi connectivity index (χ4n) is 5.53. The lowest BCUT2D eigenvalue weighted by atomic mass is 9.89. The van der Waals surface area contributed by atoms with E-state index in [1.54, 1.807) is 11.8 Å². The molecule has 1 aliphatic heterocycles. The number of hydrogen-bond acceptors (Lipinski definition) is 4. The van der Waals surface area contributed by atoms with Crippen LogP contribution in [-0.4, -0.2) is 15.0 Å². The number of para-hydroxylation sites is 2. The summed E-state index contributed by atoms with van der Waals surface area (Å²) >= 11 is 1.75. The molecule has 0 radical (unpaired) electrons. The number of rotatable bonds is 3. The minimum absolute atomic E-state index is 0.884. The van der Waals surface area contributed by atoms with Crippen molar-refractivity contribution < 1.29 is 0 Å². The highest BCUT2D eigenvalue weighted by Gasteiger charge is 2.23. The Bertz CT molecular complexity index is 2050. The maximum atomic E-state index is 5.13. The van der Waals surface area contributed by atoms with Crippen LogP contribution in [0.3, 0.4) is 0 Å². The lowest BCUT2D eigenvalue weighted by molar-refractivity contribution is 1.17. The molecule has 0 spiro atoms. The summed E-state index contributed by atoms with van der Waals surface area (Å²) in [5.41, 5.74) is 10.5. The zero-order valence-corrected chi connectivity index (χ0v) is 21.7. The molecule has 0 saturated heterocycles. The lowest BCUT2D eigenvalue weighted by Crippen LogP contribution is -1.98. The molecule has 39 heavy (non-hydrogen) atoms. The first-order valence-corrected chi connectivity index (χ1v) is 13.8. The van der Waals surface area contributed by atoms with Gasteiger partial charge in [-0.2, -0.15) is 0 Å². The molecular formula is C35H21N3S. The van der Waals surface area contributed by atoms with Gasteiger partial charge in [-0.15, -0.1) is 0 Å². The summed E-state index contributed by atoms with van der Waals surface area (Å²) in [6, 6.07) is 42.3. The highest BCUT2D eigenvalue weighted by atomic mass is 32.2. The molecule has 0 aliphatic carbocycles. The zero-order chi connectivity index (χ0) is 25.8. The van der Waals surface area contributed by atoms with Crippen molar-refractivity contribution in [3.63, 3.8) is 0 Å². The minimum Gasteiger partial charge on any atom is -0.249 e. The van der Waals surface area contributed by atoms with E-state index in [1.165, 1.54) is 32.4 Å². The van der Waals surface area contributed by atoms with E-state index in [0.717, 1.165) is 44.1 Å². The summed E-state index contributed by atoms with van der Waals surface area (Å²) in [5.74, 6) is 0. The Labute approximate surface area is 230 Å². The van der Waals surface area contributed by atoms with Gasteiger partial charge in [0.1, 0.15) is 5.03 Å². The van der Waals surface area contributed by atoms with Gasteiger partial charge in [-0.25, -0.2) is 15.0 Å². The molecule has 0 atom stereocenters. The molecule has 182 valence electrons. The quantitative estimate of drug-likeness (QED) is 0.235. The highest BCUT2D eigenvalue weighted by Crippen LogP contribution is 2.50. The molecule has 5 aromatic carbocycles. The summed E-state index contributed by atoms with van der Waals surface area (Å²) in [5, 5.41) is 3.49. The van der Waals surface area contributed by atoms with Gasteiger partial charge >= 0.3 is 0 Å². The SMILES string of the molecule is c1ccc(-c2nc3ccccc3nc2-c2cccc(-c3ccc4ccnc5c4c3-c3ccccc3S5)c2)cc1. The minimum atomic E-state index is 0.884. The van der Waals surface area contributed by atoms with Gasteiger partial charge in [0.05, 0.1) is 22.4 Å². The van der Waals surface area contributed by atoms with Crippen molar-refractivity contribution >= 4 is 33.6 Å². The molecule has 0 N–H and O–H groups in total. The molecule has 4 heteroatoms. The van der Waals surface area contributed by atoms with Crippen LogP contribution >= 0.6 is 11.8 Å². The Morgan fingerprint density at radius 2 is 1.21 bits per heavy atom. The van der Waals surface area contributed by atoms with E-state index >= 15 is 0 Å². The predicted molar refractivity (Wildman–Crippen MR) is 161 cm³/mol. The van der Waals surface area contributed by atoms with Crippen molar-refractivity contribution in [2.45, 2.75) is 9.92 Å². The Morgan fingerprint density at radius 1 is 0.513 bits per heavy atom. The Hall–Kier alpha value is -4.80. The van der Waals surface area contributed by atoms with Crippen LogP contribution in [0.1, 0.15) is 0 Å². The van der Waals surface area contributed by atoms with E-state index in [4.69, 9.17) is 15.0 Å². The van der Waals surface area contributed by atoms with Crippen LogP contribution in [0.2, 0.25) is 0 Å². The van der Waals surface area contributed by atoms with Gasteiger partial charge in [-0.05, 0) is 52.4 Å². The molecule has 2 aromatic heterocycles. The second kappa shape index (κ2) is 8.90. The summed E-state index contributed by atoms with van der Waals surface area (Å²) in [4.78, 5) is 16.2. The van der Waals surface area contributed by atoms with E-state index in [0.29, 0.717) is 0 Å². The van der Waals surface area contributed by atoms with Crippen LogP contribution < -0.4 is 0 Å². The summed E-state index contributed by atoms with van der Waals surface area (Å²) in [6.07, 6.45) is 1.91. The standard InChI is InChI=1S/C35H21N3S/c1-2-9-23(10-3-1)33-34(38-29-15-6-5-14-28(29)37-33)25-12-8-11-24(21-25)26-18-17-22-19-20-36-35-31(22)32(26)27-13-4-7-16-30(27)39-35/h1-21H. The number of benzene rings is 5. The third-order valence-corrected chi connectivity index (χ3v) is 8.40. The summed E-state index contributed by atoms with van der Waals surface area (Å²) in [7, 11) is 0. The molecule has 0 saturated carbocycles. The van der Waals surface area contributed by atoms with E-state index in [2.05, 4.69) is 78.9 Å². The first-order valence-electron chi connectivity index (χ1n) is 13.0. The molecule has 0 fully saturated rings. The van der Waals surface area contributed by atoms with Crippen LogP contribution in [-0.2, 0) is 0 Å². The van der Waals surface area contributed by atoms with Gasteiger partial charge in [-0.1, -0.05) is 103 Å². The average molecular weight is 516 g/mol. The Balaban J connectivity index is 1.38. The molecule has 0 bridgehead atoms. The smallest absolute Gasteiger partial charge is 0.109 e. The van der Waals surface area contributed by atoms with Gasteiger partial charge < -0.3 is 0 Å². The van der Waals surface area contributed by atoms with Crippen molar-refractivity contribution in [3.8, 4) is 44.8 Å². The Kier molecular flexibility index (Phi) is 5.07.